The first-order chi connectivity index (χ1) is 15.3. The Bertz CT molecular complexity index is 349. The summed E-state index contributed by atoms with van der Waals surface area (Å²) in [6, 6.07) is 0. The van der Waals surface area contributed by atoms with E-state index in [2.05, 4.69) is 13.8 Å². The van der Waals surface area contributed by atoms with Gasteiger partial charge in [-0.3, -0.25) is 4.79 Å². The molecule has 0 N–H and O–H groups in total. The van der Waals surface area contributed by atoms with Crippen LogP contribution >= 0.6 is 0 Å². The van der Waals surface area contributed by atoms with Crippen LogP contribution in [0.5, 0.6) is 0 Å². The molecule has 0 aliphatic rings. The molecule has 0 unspecified atom stereocenters. The van der Waals surface area contributed by atoms with Gasteiger partial charge in [-0.1, -0.05) is 90.9 Å². The first kappa shape index (κ1) is 30.4. The fraction of sp³-hybridized carbons (Fsp3) is 0.962. The van der Waals surface area contributed by atoms with Crippen LogP contribution < -0.4 is 0 Å². The fourth-order valence-electron chi connectivity index (χ4n) is 3.34. The topological polar surface area (TPSA) is 54.0 Å². The van der Waals surface area contributed by atoms with E-state index in [0.717, 1.165) is 25.9 Å². The number of hydrogen-bond donors (Lipinski definition) is 0. The van der Waals surface area contributed by atoms with E-state index >= 15 is 0 Å². The van der Waals surface area contributed by atoms with Crippen molar-refractivity contribution in [2.24, 2.45) is 0 Å². The Morgan fingerprint density at radius 1 is 0.452 bits per heavy atom. The van der Waals surface area contributed by atoms with Crippen molar-refractivity contribution in [2.45, 2.75) is 117 Å². The van der Waals surface area contributed by atoms with Crippen molar-refractivity contribution in [1.29, 1.82) is 0 Å². The maximum Gasteiger partial charge on any atom is 0.305 e. The summed E-state index contributed by atoms with van der Waals surface area (Å²) in [6.07, 6.45) is 19.0. The Kier molecular flexibility index (Phi) is 26.8. The summed E-state index contributed by atoms with van der Waals surface area (Å²) in [6.45, 7) is 8.82. The van der Waals surface area contributed by atoms with Gasteiger partial charge in [-0.25, -0.2) is 0 Å². The summed E-state index contributed by atoms with van der Waals surface area (Å²) in [7, 11) is 0. The first-order valence-electron chi connectivity index (χ1n) is 13.2. The SMILES string of the molecule is CCCCCCCCCCCCOC(=O)CCCOCCOCCOCCCCCC. The van der Waals surface area contributed by atoms with E-state index in [0.29, 0.717) is 52.5 Å². The highest BCUT2D eigenvalue weighted by atomic mass is 16.5. The highest BCUT2D eigenvalue weighted by Crippen LogP contribution is 2.10. The minimum atomic E-state index is -0.105. The van der Waals surface area contributed by atoms with Crippen LogP contribution in [0.15, 0.2) is 0 Å². The molecule has 0 radical (unpaired) electrons. The molecule has 0 aliphatic heterocycles. The van der Waals surface area contributed by atoms with Gasteiger partial charge in [-0.05, 0) is 19.3 Å². The molecule has 0 aromatic rings. The molecule has 0 saturated heterocycles. The van der Waals surface area contributed by atoms with Gasteiger partial charge in [0.1, 0.15) is 0 Å². The lowest BCUT2D eigenvalue weighted by Crippen LogP contribution is -2.11. The summed E-state index contributed by atoms with van der Waals surface area (Å²) in [5, 5.41) is 0. The molecule has 0 aliphatic carbocycles. The van der Waals surface area contributed by atoms with Crippen LogP contribution in [0.1, 0.15) is 117 Å². The Labute approximate surface area is 192 Å². The first-order valence-corrected chi connectivity index (χ1v) is 13.2. The van der Waals surface area contributed by atoms with Gasteiger partial charge in [-0.2, -0.15) is 0 Å². The number of carbonyl (C=O) groups is 1. The van der Waals surface area contributed by atoms with E-state index in [1.807, 2.05) is 0 Å². The van der Waals surface area contributed by atoms with Crippen molar-refractivity contribution in [3.05, 3.63) is 0 Å². The molecule has 186 valence electrons. The molecular weight excluding hydrogens is 392 g/mol. The predicted octanol–water partition coefficient (Wildman–Crippen LogP) is 6.86. The lowest BCUT2D eigenvalue weighted by Gasteiger charge is -2.07. The summed E-state index contributed by atoms with van der Waals surface area (Å²) < 4.78 is 21.8. The second kappa shape index (κ2) is 27.4. The van der Waals surface area contributed by atoms with Crippen LogP contribution in [-0.2, 0) is 23.7 Å². The molecule has 0 bridgehead atoms. The maximum absolute atomic E-state index is 11.7. The highest BCUT2D eigenvalue weighted by molar-refractivity contribution is 5.69. The van der Waals surface area contributed by atoms with Crippen molar-refractivity contribution in [2.75, 3.05) is 46.2 Å². The van der Waals surface area contributed by atoms with Crippen molar-refractivity contribution < 1.29 is 23.7 Å². The quantitative estimate of drug-likeness (QED) is 0.108. The lowest BCUT2D eigenvalue weighted by atomic mass is 10.1. The fourth-order valence-corrected chi connectivity index (χ4v) is 3.34. The maximum atomic E-state index is 11.7. The van der Waals surface area contributed by atoms with Crippen molar-refractivity contribution in [3.63, 3.8) is 0 Å². The molecule has 0 rings (SSSR count). The van der Waals surface area contributed by atoms with Gasteiger partial charge in [0.25, 0.3) is 0 Å². The van der Waals surface area contributed by atoms with Crippen molar-refractivity contribution in [1.82, 2.24) is 0 Å². The summed E-state index contributed by atoms with van der Waals surface area (Å²) in [5.74, 6) is -0.105. The largest absolute Gasteiger partial charge is 0.466 e. The number of carbonyl (C=O) groups excluding carboxylic acids is 1. The van der Waals surface area contributed by atoms with Gasteiger partial charge in [0.2, 0.25) is 0 Å². The Morgan fingerprint density at radius 3 is 1.39 bits per heavy atom. The second-order valence-corrected chi connectivity index (χ2v) is 8.40. The number of hydrogen-bond acceptors (Lipinski definition) is 5. The molecule has 0 spiro atoms. The van der Waals surface area contributed by atoms with Gasteiger partial charge in [0.05, 0.1) is 33.0 Å². The average molecular weight is 445 g/mol. The van der Waals surface area contributed by atoms with Gasteiger partial charge in [-0.15, -0.1) is 0 Å². The molecule has 5 nitrogen and oxygen atoms in total. The molecule has 31 heavy (non-hydrogen) atoms. The van der Waals surface area contributed by atoms with E-state index < -0.39 is 0 Å². The van der Waals surface area contributed by atoms with Crippen LogP contribution in [-0.4, -0.2) is 52.2 Å². The van der Waals surface area contributed by atoms with E-state index in [9.17, 15) is 4.79 Å². The van der Waals surface area contributed by atoms with Crippen LogP contribution in [0.25, 0.3) is 0 Å². The molecular formula is C26H52O5. The van der Waals surface area contributed by atoms with Gasteiger partial charge in [0.15, 0.2) is 0 Å². The van der Waals surface area contributed by atoms with Crippen LogP contribution in [0.4, 0.5) is 0 Å². The van der Waals surface area contributed by atoms with E-state index in [1.54, 1.807) is 0 Å². The van der Waals surface area contributed by atoms with Crippen LogP contribution in [0.3, 0.4) is 0 Å². The number of ether oxygens (including phenoxy) is 4. The monoisotopic (exact) mass is 444 g/mol. The number of rotatable bonds is 26. The second-order valence-electron chi connectivity index (χ2n) is 8.40. The Morgan fingerprint density at radius 2 is 0.839 bits per heavy atom. The number of unbranched alkanes of at least 4 members (excludes halogenated alkanes) is 12. The third kappa shape index (κ3) is 27.3. The molecule has 0 saturated carbocycles. The molecule has 0 aromatic heterocycles. The summed E-state index contributed by atoms with van der Waals surface area (Å²) >= 11 is 0. The third-order valence-electron chi connectivity index (χ3n) is 5.32. The molecule has 0 heterocycles. The predicted molar refractivity (Wildman–Crippen MR) is 129 cm³/mol. The highest BCUT2D eigenvalue weighted by Gasteiger charge is 2.02. The minimum Gasteiger partial charge on any atom is -0.466 e. The van der Waals surface area contributed by atoms with Gasteiger partial charge >= 0.3 is 5.97 Å². The molecule has 0 fully saturated rings. The zero-order valence-electron chi connectivity index (χ0n) is 20.8. The van der Waals surface area contributed by atoms with Crippen molar-refractivity contribution >= 4 is 5.97 Å². The smallest absolute Gasteiger partial charge is 0.305 e. The summed E-state index contributed by atoms with van der Waals surface area (Å²) in [4.78, 5) is 11.7. The minimum absolute atomic E-state index is 0.105. The van der Waals surface area contributed by atoms with Gasteiger partial charge in [0, 0.05) is 19.6 Å². The zero-order chi connectivity index (χ0) is 22.7. The van der Waals surface area contributed by atoms with E-state index in [1.165, 1.54) is 70.6 Å². The Hall–Kier alpha value is -0.650. The summed E-state index contributed by atoms with van der Waals surface area (Å²) in [5.41, 5.74) is 0. The van der Waals surface area contributed by atoms with Gasteiger partial charge < -0.3 is 18.9 Å². The lowest BCUT2D eigenvalue weighted by molar-refractivity contribution is -0.144. The standard InChI is InChI=1S/C26H52O5/c1-3-5-7-9-10-11-12-13-14-16-21-31-26(27)18-17-20-29-23-25-30-24-22-28-19-15-8-6-4-2/h3-25H2,1-2H3. The molecule has 5 heteroatoms. The molecule has 0 aromatic carbocycles. The van der Waals surface area contributed by atoms with E-state index in [4.69, 9.17) is 18.9 Å². The Balaban J connectivity index is 3.13. The number of esters is 1. The van der Waals surface area contributed by atoms with E-state index in [-0.39, 0.29) is 5.97 Å². The average Bonchev–Trinajstić information content (AvgIpc) is 2.77. The molecule has 0 atom stereocenters. The van der Waals surface area contributed by atoms with Crippen LogP contribution in [0.2, 0.25) is 0 Å². The third-order valence-corrected chi connectivity index (χ3v) is 5.32. The zero-order valence-corrected chi connectivity index (χ0v) is 20.8. The van der Waals surface area contributed by atoms with Crippen LogP contribution in [0, 0.1) is 0 Å². The van der Waals surface area contributed by atoms with Crippen molar-refractivity contribution in [3.8, 4) is 0 Å². The molecule has 0 amide bonds. The normalized spacial score (nSPS) is 11.2.